The molecule has 0 fully saturated rings. The van der Waals surface area contributed by atoms with Gasteiger partial charge in [-0.2, -0.15) is 0 Å². The van der Waals surface area contributed by atoms with Crippen LogP contribution in [0.1, 0.15) is 25.8 Å². The van der Waals surface area contributed by atoms with E-state index in [2.05, 4.69) is 4.85 Å². The molecule has 0 heterocycles. The number of nitro benzene ring substituents is 1. The van der Waals surface area contributed by atoms with Gasteiger partial charge in [-0.25, -0.2) is 4.85 Å². The lowest BCUT2D eigenvalue weighted by molar-refractivity contribution is -0.384. The third-order valence-electron chi connectivity index (χ3n) is 4.14. The number of benzene rings is 2. The Labute approximate surface area is 164 Å². The third-order valence-corrected chi connectivity index (χ3v) is 4.14. The van der Waals surface area contributed by atoms with Crippen LogP contribution in [0.4, 0.5) is 17.1 Å². The van der Waals surface area contributed by atoms with E-state index < -0.39 is 4.92 Å². The molecule has 1 amide bonds. The summed E-state index contributed by atoms with van der Waals surface area (Å²) in [5.41, 5.74) is 1.03. The highest BCUT2D eigenvalue weighted by atomic mass is 16.6. The lowest BCUT2D eigenvalue weighted by Gasteiger charge is -2.23. The van der Waals surface area contributed by atoms with Crippen LogP contribution in [0.15, 0.2) is 48.5 Å². The van der Waals surface area contributed by atoms with Gasteiger partial charge < -0.3 is 9.64 Å². The Hall–Kier alpha value is -3.24. The summed E-state index contributed by atoms with van der Waals surface area (Å²) in [6.45, 7) is 11.5. The number of amides is 1. The first-order chi connectivity index (χ1) is 13.4. The van der Waals surface area contributed by atoms with Crippen molar-refractivity contribution < 1.29 is 14.5 Å². The van der Waals surface area contributed by atoms with Gasteiger partial charge in [-0.05, 0) is 24.0 Å². The quantitative estimate of drug-likeness (QED) is 0.357. The number of anilines is 1. The van der Waals surface area contributed by atoms with E-state index in [4.69, 9.17) is 11.3 Å². The SMILES string of the molecule is [C-]#[N+]c1ccc(N(CCC(C)C)C(=O)COCc2ccccc2)c([N+](=O)[O-])c1. The first-order valence-corrected chi connectivity index (χ1v) is 9.00. The summed E-state index contributed by atoms with van der Waals surface area (Å²) in [4.78, 5) is 28.3. The molecule has 146 valence electrons. The van der Waals surface area contributed by atoms with E-state index in [1.54, 1.807) is 0 Å². The van der Waals surface area contributed by atoms with Gasteiger partial charge in [0.1, 0.15) is 12.3 Å². The molecule has 0 unspecified atom stereocenters. The average molecular weight is 381 g/mol. The van der Waals surface area contributed by atoms with Gasteiger partial charge in [-0.3, -0.25) is 14.9 Å². The Kier molecular flexibility index (Phi) is 7.66. The molecule has 2 aromatic rings. The number of carbonyl (C=O) groups is 1. The summed E-state index contributed by atoms with van der Waals surface area (Å²) in [6, 6.07) is 13.6. The van der Waals surface area contributed by atoms with Crippen LogP contribution in [-0.2, 0) is 16.1 Å². The van der Waals surface area contributed by atoms with Crippen LogP contribution in [0.5, 0.6) is 0 Å². The van der Waals surface area contributed by atoms with Crippen LogP contribution in [0.25, 0.3) is 4.85 Å². The molecule has 0 spiro atoms. The van der Waals surface area contributed by atoms with Gasteiger partial charge in [-0.15, -0.1) is 0 Å². The van der Waals surface area contributed by atoms with Crippen molar-refractivity contribution in [2.24, 2.45) is 5.92 Å². The van der Waals surface area contributed by atoms with Crippen molar-refractivity contribution in [3.63, 3.8) is 0 Å². The largest absolute Gasteiger partial charge is 0.367 e. The number of hydrogen-bond donors (Lipinski definition) is 0. The van der Waals surface area contributed by atoms with Crippen molar-refractivity contribution in [3.8, 4) is 0 Å². The lowest BCUT2D eigenvalue weighted by atomic mass is 10.1. The van der Waals surface area contributed by atoms with Crippen LogP contribution in [0, 0.1) is 22.6 Å². The molecule has 0 aromatic heterocycles. The second kappa shape index (κ2) is 10.2. The van der Waals surface area contributed by atoms with Gasteiger partial charge in [0.25, 0.3) is 11.6 Å². The van der Waals surface area contributed by atoms with Crippen LogP contribution >= 0.6 is 0 Å². The number of nitro groups is 1. The second-order valence-corrected chi connectivity index (χ2v) is 6.75. The monoisotopic (exact) mass is 381 g/mol. The molecule has 0 aliphatic rings. The molecular formula is C21H23N3O4. The molecule has 0 saturated carbocycles. The topological polar surface area (TPSA) is 77.0 Å². The second-order valence-electron chi connectivity index (χ2n) is 6.75. The van der Waals surface area contributed by atoms with E-state index in [0.717, 1.165) is 5.56 Å². The maximum atomic E-state index is 12.8. The molecular weight excluding hydrogens is 358 g/mol. The maximum absolute atomic E-state index is 12.8. The minimum absolute atomic E-state index is 0.159. The van der Waals surface area contributed by atoms with Crippen molar-refractivity contribution in [1.29, 1.82) is 0 Å². The van der Waals surface area contributed by atoms with Crippen LogP contribution < -0.4 is 4.90 Å². The average Bonchev–Trinajstić information content (AvgIpc) is 2.68. The highest BCUT2D eigenvalue weighted by Gasteiger charge is 2.25. The van der Waals surface area contributed by atoms with Crippen LogP contribution in [0.2, 0.25) is 0 Å². The van der Waals surface area contributed by atoms with Gasteiger partial charge in [0.15, 0.2) is 5.69 Å². The Bertz CT molecular complexity index is 860. The molecule has 0 N–H and O–H groups in total. The number of rotatable bonds is 9. The van der Waals surface area contributed by atoms with Crippen LogP contribution in [0.3, 0.4) is 0 Å². The Morgan fingerprint density at radius 1 is 1.25 bits per heavy atom. The number of carbonyl (C=O) groups excluding carboxylic acids is 1. The van der Waals surface area contributed by atoms with Crippen molar-refractivity contribution in [2.75, 3.05) is 18.1 Å². The molecule has 28 heavy (non-hydrogen) atoms. The van der Waals surface area contributed by atoms with E-state index in [1.165, 1.54) is 23.1 Å². The van der Waals surface area contributed by atoms with E-state index in [9.17, 15) is 14.9 Å². The van der Waals surface area contributed by atoms with Crippen LogP contribution in [-0.4, -0.2) is 24.0 Å². The minimum atomic E-state index is -0.565. The fraction of sp³-hybridized carbons (Fsp3) is 0.333. The summed E-state index contributed by atoms with van der Waals surface area (Å²) in [5.74, 6) is -0.0302. The van der Waals surface area contributed by atoms with Crippen molar-refractivity contribution in [1.82, 2.24) is 0 Å². The summed E-state index contributed by atoms with van der Waals surface area (Å²) < 4.78 is 5.53. The minimum Gasteiger partial charge on any atom is -0.367 e. The first kappa shape index (κ1) is 21.1. The molecule has 0 bridgehead atoms. The van der Waals surface area contributed by atoms with E-state index in [0.29, 0.717) is 18.9 Å². The maximum Gasteiger partial charge on any atom is 0.282 e. The zero-order chi connectivity index (χ0) is 20.5. The standard InChI is InChI=1S/C21H23N3O4/c1-16(2)11-12-23(19-10-9-18(22-3)13-20(19)24(26)27)21(25)15-28-14-17-7-5-4-6-8-17/h4-10,13,16H,11-12,14-15H2,1-2H3. The van der Waals surface area contributed by atoms with E-state index in [1.807, 2.05) is 44.2 Å². The normalized spacial score (nSPS) is 10.5. The van der Waals surface area contributed by atoms with Gasteiger partial charge in [0, 0.05) is 12.6 Å². The van der Waals surface area contributed by atoms with E-state index in [-0.39, 0.29) is 36.2 Å². The molecule has 2 rings (SSSR count). The molecule has 0 atom stereocenters. The lowest BCUT2D eigenvalue weighted by Crippen LogP contribution is -2.36. The van der Waals surface area contributed by atoms with Crippen molar-refractivity contribution in [2.45, 2.75) is 26.9 Å². The first-order valence-electron chi connectivity index (χ1n) is 9.00. The predicted octanol–water partition coefficient (Wildman–Crippen LogP) is 4.74. The zero-order valence-corrected chi connectivity index (χ0v) is 16.0. The van der Waals surface area contributed by atoms with Gasteiger partial charge >= 0.3 is 0 Å². The molecule has 2 aromatic carbocycles. The third kappa shape index (κ3) is 5.89. The molecule has 7 heteroatoms. The molecule has 0 saturated heterocycles. The highest BCUT2D eigenvalue weighted by molar-refractivity contribution is 5.96. The smallest absolute Gasteiger partial charge is 0.282 e. The zero-order valence-electron chi connectivity index (χ0n) is 16.0. The fourth-order valence-corrected chi connectivity index (χ4v) is 2.63. The van der Waals surface area contributed by atoms with Crippen molar-refractivity contribution in [3.05, 3.63) is 75.6 Å². The Morgan fingerprint density at radius 2 is 1.96 bits per heavy atom. The number of nitrogens with zero attached hydrogens (tertiary/aromatic N) is 3. The van der Waals surface area contributed by atoms with Crippen molar-refractivity contribution >= 4 is 23.0 Å². The molecule has 0 aliphatic heterocycles. The van der Waals surface area contributed by atoms with Gasteiger partial charge in [0.2, 0.25) is 0 Å². The number of ether oxygens (including phenoxy) is 1. The predicted molar refractivity (Wildman–Crippen MR) is 107 cm³/mol. The van der Waals surface area contributed by atoms with Gasteiger partial charge in [-0.1, -0.05) is 50.2 Å². The summed E-state index contributed by atoms with van der Waals surface area (Å²) in [6.07, 6.45) is 0.687. The Balaban J connectivity index is 2.20. The Morgan fingerprint density at radius 3 is 2.57 bits per heavy atom. The molecule has 0 aliphatic carbocycles. The van der Waals surface area contributed by atoms with Gasteiger partial charge in [0.05, 0.1) is 18.1 Å². The molecule has 7 nitrogen and oxygen atoms in total. The summed E-state index contributed by atoms with van der Waals surface area (Å²) >= 11 is 0. The molecule has 0 radical (unpaired) electrons. The van der Waals surface area contributed by atoms with E-state index >= 15 is 0 Å². The highest BCUT2D eigenvalue weighted by Crippen LogP contribution is 2.33. The summed E-state index contributed by atoms with van der Waals surface area (Å²) in [5, 5.41) is 11.5. The fourth-order valence-electron chi connectivity index (χ4n) is 2.63. The summed E-state index contributed by atoms with van der Waals surface area (Å²) in [7, 11) is 0. The number of hydrogen-bond acceptors (Lipinski definition) is 4.